The normalized spacial score (nSPS) is 17.4. The predicted molar refractivity (Wildman–Crippen MR) is 119 cm³/mol. The molecular formula is C24H28O10. The van der Waals surface area contributed by atoms with Crippen molar-refractivity contribution in [3.05, 3.63) is 36.4 Å². The summed E-state index contributed by atoms with van der Waals surface area (Å²) < 4.78 is 42.0. The van der Waals surface area contributed by atoms with Crippen LogP contribution >= 0.6 is 0 Å². The van der Waals surface area contributed by atoms with Crippen molar-refractivity contribution in [2.45, 2.75) is 26.1 Å². The first-order valence-electron chi connectivity index (χ1n) is 10.8. The van der Waals surface area contributed by atoms with Gasteiger partial charge >= 0.3 is 11.9 Å². The van der Waals surface area contributed by atoms with E-state index in [4.69, 9.17) is 37.9 Å². The van der Waals surface area contributed by atoms with Crippen LogP contribution in [0, 0.1) is 0 Å². The third-order valence-electron chi connectivity index (χ3n) is 4.72. The molecule has 2 atom stereocenters. The molecule has 184 valence electrons. The van der Waals surface area contributed by atoms with Gasteiger partial charge in [0.25, 0.3) is 0 Å². The highest BCUT2D eigenvalue weighted by Crippen LogP contribution is 2.41. The van der Waals surface area contributed by atoms with Gasteiger partial charge in [0.05, 0.1) is 27.4 Å². The number of esters is 2. The average Bonchev–Trinajstić information content (AvgIpc) is 2.87. The molecule has 0 aromatic heterocycles. The van der Waals surface area contributed by atoms with Crippen molar-refractivity contribution < 1.29 is 47.5 Å². The SMILES string of the molecule is CCOC(=O)C1COc2c(OC)cccc2O1.CCOC(=O)C1COc2cccc(OC)c2O1. The van der Waals surface area contributed by atoms with Gasteiger partial charge in [0.1, 0.15) is 13.2 Å². The van der Waals surface area contributed by atoms with E-state index in [1.54, 1.807) is 57.4 Å². The molecule has 34 heavy (non-hydrogen) atoms. The molecule has 10 heteroatoms. The Bertz CT molecular complexity index is 975. The minimum Gasteiger partial charge on any atom is -0.493 e. The first kappa shape index (κ1) is 24.8. The fourth-order valence-electron chi connectivity index (χ4n) is 3.17. The minimum absolute atomic E-state index is 0.131. The second kappa shape index (κ2) is 11.9. The molecule has 10 nitrogen and oxygen atoms in total. The van der Waals surface area contributed by atoms with Crippen LogP contribution in [0.4, 0.5) is 0 Å². The number of carbonyl (C=O) groups is 2. The number of fused-ring (bicyclic) bond motifs is 2. The molecule has 4 rings (SSSR count). The fraction of sp³-hybridized carbons (Fsp3) is 0.417. The van der Waals surface area contributed by atoms with Crippen LogP contribution in [0.3, 0.4) is 0 Å². The molecule has 2 aliphatic heterocycles. The van der Waals surface area contributed by atoms with Crippen molar-refractivity contribution in [3.8, 4) is 34.5 Å². The summed E-state index contributed by atoms with van der Waals surface area (Å²) in [6, 6.07) is 10.6. The number of benzene rings is 2. The molecule has 0 bridgehead atoms. The summed E-state index contributed by atoms with van der Waals surface area (Å²) in [4.78, 5) is 23.0. The summed E-state index contributed by atoms with van der Waals surface area (Å²) in [5.74, 6) is 2.32. The van der Waals surface area contributed by atoms with Crippen molar-refractivity contribution in [1.82, 2.24) is 0 Å². The molecule has 0 saturated carbocycles. The maximum atomic E-state index is 11.5. The van der Waals surface area contributed by atoms with Crippen LogP contribution in [-0.2, 0) is 19.1 Å². The first-order valence-corrected chi connectivity index (χ1v) is 10.8. The third kappa shape index (κ3) is 5.75. The van der Waals surface area contributed by atoms with Gasteiger partial charge < -0.3 is 37.9 Å². The van der Waals surface area contributed by atoms with Gasteiger partial charge in [-0.2, -0.15) is 0 Å². The molecule has 0 fully saturated rings. The molecule has 2 heterocycles. The molecule has 0 saturated heterocycles. The quantitative estimate of drug-likeness (QED) is 0.578. The molecule has 0 N–H and O–H groups in total. The van der Waals surface area contributed by atoms with Gasteiger partial charge in [-0.3, -0.25) is 0 Å². The van der Waals surface area contributed by atoms with Crippen LogP contribution in [-0.4, -0.2) is 64.8 Å². The molecule has 0 aliphatic carbocycles. The molecule has 0 spiro atoms. The van der Waals surface area contributed by atoms with Gasteiger partial charge in [0, 0.05) is 0 Å². The first-order chi connectivity index (χ1) is 16.5. The third-order valence-corrected chi connectivity index (χ3v) is 4.72. The zero-order valence-electron chi connectivity index (χ0n) is 19.5. The smallest absolute Gasteiger partial charge is 0.350 e. The summed E-state index contributed by atoms with van der Waals surface area (Å²) in [5, 5.41) is 0. The molecule has 2 aromatic rings. The van der Waals surface area contributed by atoms with Crippen LogP contribution in [0.25, 0.3) is 0 Å². The number of rotatable bonds is 6. The maximum Gasteiger partial charge on any atom is 0.350 e. The molecule has 0 amide bonds. The highest BCUT2D eigenvalue weighted by Gasteiger charge is 2.31. The van der Waals surface area contributed by atoms with Crippen LogP contribution in [0.5, 0.6) is 34.5 Å². The van der Waals surface area contributed by atoms with E-state index in [1.807, 2.05) is 0 Å². The van der Waals surface area contributed by atoms with Gasteiger partial charge in [0.15, 0.2) is 23.0 Å². The topological polar surface area (TPSA) is 108 Å². The standard InChI is InChI=1S/2C12H14O5/c1-3-15-12(13)10-7-16-11-8(14-2)5-4-6-9(11)17-10;1-3-15-12(13)10-7-16-9-6-4-5-8(14-2)11(9)17-10/h2*4-6,10H,3,7H2,1-2H3. The Morgan fingerprint density at radius 2 is 1.29 bits per heavy atom. The molecule has 2 unspecified atom stereocenters. The highest BCUT2D eigenvalue weighted by atomic mass is 16.6. The van der Waals surface area contributed by atoms with Gasteiger partial charge in [-0.1, -0.05) is 12.1 Å². The van der Waals surface area contributed by atoms with E-state index in [0.717, 1.165) is 0 Å². The monoisotopic (exact) mass is 476 g/mol. The molecule has 2 aromatic carbocycles. The van der Waals surface area contributed by atoms with Crippen molar-refractivity contribution in [2.24, 2.45) is 0 Å². The minimum atomic E-state index is -0.737. The van der Waals surface area contributed by atoms with Crippen molar-refractivity contribution in [2.75, 3.05) is 40.6 Å². The highest BCUT2D eigenvalue weighted by molar-refractivity contribution is 5.76. The Morgan fingerprint density at radius 3 is 1.88 bits per heavy atom. The van der Waals surface area contributed by atoms with Crippen LogP contribution in [0.2, 0.25) is 0 Å². The average molecular weight is 476 g/mol. The van der Waals surface area contributed by atoms with Gasteiger partial charge in [0.2, 0.25) is 23.7 Å². The Morgan fingerprint density at radius 1 is 0.765 bits per heavy atom. The Balaban J connectivity index is 0.000000191. The number of para-hydroxylation sites is 2. The lowest BCUT2D eigenvalue weighted by Crippen LogP contribution is -2.37. The van der Waals surface area contributed by atoms with Crippen molar-refractivity contribution >= 4 is 11.9 Å². The molecular weight excluding hydrogens is 448 g/mol. The van der Waals surface area contributed by atoms with E-state index in [2.05, 4.69) is 0 Å². The van der Waals surface area contributed by atoms with Gasteiger partial charge in [-0.05, 0) is 38.1 Å². The summed E-state index contributed by atoms with van der Waals surface area (Å²) in [6.07, 6.45) is -1.45. The number of carbonyl (C=O) groups excluding carboxylic acids is 2. The van der Waals surface area contributed by atoms with E-state index in [-0.39, 0.29) is 13.2 Å². The fourth-order valence-corrected chi connectivity index (χ4v) is 3.17. The van der Waals surface area contributed by atoms with Crippen LogP contribution in [0.15, 0.2) is 36.4 Å². The lowest BCUT2D eigenvalue weighted by Gasteiger charge is -2.26. The zero-order valence-corrected chi connectivity index (χ0v) is 19.5. The summed E-state index contributed by atoms with van der Waals surface area (Å²) in [7, 11) is 3.09. The predicted octanol–water partition coefficient (Wildman–Crippen LogP) is 2.80. The second-order valence-corrected chi connectivity index (χ2v) is 6.91. The Labute approximate surface area is 197 Å². The van der Waals surface area contributed by atoms with E-state index >= 15 is 0 Å². The number of hydrogen-bond donors (Lipinski definition) is 0. The lowest BCUT2D eigenvalue weighted by atomic mass is 10.2. The van der Waals surface area contributed by atoms with E-state index in [1.165, 1.54) is 7.11 Å². The lowest BCUT2D eigenvalue weighted by molar-refractivity contribution is -0.154. The van der Waals surface area contributed by atoms with Crippen LogP contribution < -0.4 is 28.4 Å². The number of ether oxygens (including phenoxy) is 8. The largest absolute Gasteiger partial charge is 0.493 e. The number of hydrogen-bond acceptors (Lipinski definition) is 10. The summed E-state index contributed by atoms with van der Waals surface area (Å²) >= 11 is 0. The summed E-state index contributed by atoms with van der Waals surface area (Å²) in [6.45, 7) is 4.42. The maximum absolute atomic E-state index is 11.5. The Hall–Kier alpha value is -3.82. The van der Waals surface area contributed by atoms with Gasteiger partial charge in [-0.25, -0.2) is 9.59 Å². The van der Waals surface area contributed by atoms with Crippen molar-refractivity contribution in [3.63, 3.8) is 0 Å². The second-order valence-electron chi connectivity index (χ2n) is 6.91. The van der Waals surface area contributed by atoms with Gasteiger partial charge in [-0.15, -0.1) is 0 Å². The van der Waals surface area contributed by atoms with E-state index in [0.29, 0.717) is 47.7 Å². The number of methoxy groups -OCH3 is 2. The van der Waals surface area contributed by atoms with Crippen molar-refractivity contribution in [1.29, 1.82) is 0 Å². The van der Waals surface area contributed by atoms with E-state index < -0.39 is 24.1 Å². The summed E-state index contributed by atoms with van der Waals surface area (Å²) in [5.41, 5.74) is 0. The zero-order chi connectivity index (χ0) is 24.5. The molecule has 2 aliphatic rings. The van der Waals surface area contributed by atoms with Crippen LogP contribution in [0.1, 0.15) is 13.8 Å². The van der Waals surface area contributed by atoms with E-state index in [9.17, 15) is 9.59 Å². The Kier molecular flexibility index (Phi) is 8.66. The molecule has 0 radical (unpaired) electrons.